The van der Waals surface area contributed by atoms with Gasteiger partial charge < -0.3 is 4.90 Å². The predicted octanol–water partition coefficient (Wildman–Crippen LogP) is 4.57. The van der Waals surface area contributed by atoms with Gasteiger partial charge in [0.1, 0.15) is 9.90 Å². The second kappa shape index (κ2) is 8.88. The number of hydrogen-bond donors (Lipinski definition) is 0. The van der Waals surface area contributed by atoms with Crippen LogP contribution in [0.3, 0.4) is 0 Å². The molecule has 0 spiro atoms. The van der Waals surface area contributed by atoms with Crippen LogP contribution < -0.4 is 0 Å². The Labute approximate surface area is 195 Å². The van der Waals surface area contributed by atoms with E-state index in [1.165, 1.54) is 16.4 Å². The maximum absolute atomic E-state index is 13.0. The van der Waals surface area contributed by atoms with Crippen LogP contribution in [0.5, 0.6) is 0 Å². The first-order chi connectivity index (χ1) is 14.8. The van der Waals surface area contributed by atoms with E-state index in [1.54, 1.807) is 34.4 Å². The Bertz CT molecular complexity index is 1220. The Hall–Kier alpha value is -1.97. The standard InChI is InChI=1S/C21H19Cl2N3O3S2/c1-14-13-30-20(24-14)15-2-4-16(5-3-15)21(27)25-8-10-26(11-9-25)31(28,29)19-12-17(22)6-7-18(19)23/h2-7,12-13H,8-11H2,1H3. The number of aryl methyl sites for hydroxylation is 1. The van der Waals surface area contributed by atoms with E-state index in [9.17, 15) is 13.2 Å². The molecule has 1 saturated heterocycles. The van der Waals surface area contributed by atoms with Crippen LogP contribution in [0.15, 0.2) is 52.7 Å². The molecule has 162 valence electrons. The SMILES string of the molecule is Cc1csc(-c2ccc(C(=O)N3CCN(S(=O)(=O)c4cc(Cl)ccc4Cl)CC3)cc2)n1. The van der Waals surface area contributed by atoms with Crippen molar-refractivity contribution in [1.29, 1.82) is 0 Å². The van der Waals surface area contributed by atoms with Gasteiger partial charge in [-0.3, -0.25) is 4.79 Å². The Morgan fingerprint density at radius 2 is 1.71 bits per heavy atom. The normalized spacial score (nSPS) is 15.3. The summed E-state index contributed by atoms with van der Waals surface area (Å²) >= 11 is 13.6. The molecule has 1 aliphatic heterocycles. The van der Waals surface area contributed by atoms with Crippen LogP contribution in [0.1, 0.15) is 16.1 Å². The van der Waals surface area contributed by atoms with Gasteiger partial charge in [0.2, 0.25) is 10.0 Å². The summed E-state index contributed by atoms with van der Waals surface area (Å²) < 4.78 is 27.2. The Balaban J connectivity index is 1.43. The Kier molecular flexibility index (Phi) is 6.37. The van der Waals surface area contributed by atoms with Crippen LogP contribution in [0.2, 0.25) is 10.0 Å². The highest BCUT2D eigenvalue weighted by molar-refractivity contribution is 7.89. The third-order valence-corrected chi connectivity index (χ3v) is 8.66. The molecule has 0 saturated carbocycles. The summed E-state index contributed by atoms with van der Waals surface area (Å²) in [5.41, 5.74) is 2.49. The molecule has 31 heavy (non-hydrogen) atoms. The second-order valence-electron chi connectivity index (χ2n) is 7.14. The summed E-state index contributed by atoms with van der Waals surface area (Å²) in [6.45, 7) is 2.91. The molecule has 0 aliphatic carbocycles. The third-order valence-electron chi connectivity index (χ3n) is 5.03. The molecule has 4 rings (SSSR count). The average molecular weight is 496 g/mol. The maximum Gasteiger partial charge on any atom is 0.253 e. The number of sulfonamides is 1. The molecular formula is C21H19Cl2N3O3S2. The molecule has 0 unspecified atom stereocenters. The van der Waals surface area contributed by atoms with Gasteiger partial charge in [0.05, 0.1) is 5.02 Å². The summed E-state index contributed by atoms with van der Waals surface area (Å²) in [6, 6.07) is 11.7. The zero-order valence-electron chi connectivity index (χ0n) is 16.6. The molecule has 6 nitrogen and oxygen atoms in total. The van der Waals surface area contributed by atoms with Crippen molar-refractivity contribution in [3.63, 3.8) is 0 Å². The molecular weight excluding hydrogens is 477 g/mol. The number of rotatable bonds is 4. The fourth-order valence-electron chi connectivity index (χ4n) is 3.37. The topological polar surface area (TPSA) is 70.6 Å². The minimum Gasteiger partial charge on any atom is -0.336 e. The highest BCUT2D eigenvalue weighted by atomic mass is 35.5. The molecule has 0 atom stereocenters. The molecule has 1 aliphatic rings. The van der Waals surface area contributed by atoms with Crippen molar-refractivity contribution in [3.05, 3.63) is 69.1 Å². The molecule has 2 aromatic carbocycles. The van der Waals surface area contributed by atoms with E-state index in [0.29, 0.717) is 23.7 Å². The van der Waals surface area contributed by atoms with Crippen molar-refractivity contribution in [1.82, 2.24) is 14.2 Å². The number of halogens is 2. The summed E-state index contributed by atoms with van der Waals surface area (Å²) in [4.78, 5) is 19.0. The fraction of sp³-hybridized carbons (Fsp3) is 0.238. The summed E-state index contributed by atoms with van der Waals surface area (Å²) in [5, 5.41) is 3.32. The lowest BCUT2D eigenvalue weighted by Gasteiger charge is -2.34. The van der Waals surface area contributed by atoms with Crippen LogP contribution in [0.25, 0.3) is 10.6 Å². The predicted molar refractivity (Wildman–Crippen MR) is 123 cm³/mol. The highest BCUT2D eigenvalue weighted by Crippen LogP contribution is 2.29. The van der Waals surface area contributed by atoms with E-state index in [-0.39, 0.29) is 28.9 Å². The van der Waals surface area contributed by atoms with Gasteiger partial charge in [-0.1, -0.05) is 35.3 Å². The molecule has 0 bridgehead atoms. The minimum absolute atomic E-state index is 0.0190. The number of carbonyl (C=O) groups excluding carboxylic acids is 1. The molecule has 10 heteroatoms. The van der Waals surface area contributed by atoms with Crippen molar-refractivity contribution in [2.24, 2.45) is 0 Å². The van der Waals surface area contributed by atoms with Crippen molar-refractivity contribution >= 4 is 50.5 Å². The number of piperazine rings is 1. The lowest BCUT2D eigenvalue weighted by atomic mass is 10.1. The van der Waals surface area contributed by atoms with Crippen LogP contribution in [-0.2, 0) is 10.0 Å². The van der Waals surface area contributed by atoms with Crippen LogP contribution in [0.4, 0.5) is 0 Å². The Morgan fingerprint density at radius 1 is 1.03 bits per heavy atom. The van der Waals surface area contributed by atoms with E-state index in [1.807, 2.05) is 24.4 Å². The fourth-order valence-corrected chi connectivity index (χ4v) is 6.33. The molecule has 1 aromatic heterocycles. The van der Waals surface area contributed by atoms with E-state index < -0.39 is 10.0 Å². The van der Waals surface area contributed by atoms with Crippen LogP contribution >= 0.6 is 34.5 Å². The van der Waals surface area contributed by atoms with Gasteiger partial charge in [0, 0.05) is 53.4 Å². The van der Waals surface area contributed by atoms with E-state index in [0.717, 1.165) is 16.3 Å². The zero-order chi connectivity index (χ0) is 22.2. The Morgan fingerprint density at radius 3 is 2.32 bits per heavy atom. The highest BCUT2D eigenvalue weighted by Gasteiger charge is 2.32. The molecule has 2 heterocycles. The quantitative estimate of drug-likeness (QED) is 0.531. The number of nitrogens with zero attached hydrogens (tertiary/aromatic N) is 3. The van der Waals surface area contributed by atoms with E-state index in [4.69, 9.17) is 23.2 Å². The number of aromatic nitrogens is 1. The first-order valence-corrected chi connectivity index (χ1v) is 12.6. The van der Waals surface area contributed by atoms with Gasteiger partial charge in [-0.25, -0.2) is 13.4 Å². The summed E-state index contributed by atoms with van der Waals surface area (Å²) in [5.74, 6) is -0.125. The molecule has 0 N–H and O–H groups in total. The summed E-state index contributed by atoms with van der Waals surface area (Å²) in [6.07, 6.45) is 0. The number of carbonyl (C=O) groups is 1. The van der Waals surface area contributed by atoms with Gasteiger partial charge in [0.15, 0.2) is 0 Å². The molecule has 1 fully saturated rings. The summed E-state index contributed by atoms with van der Waals surface area (Å²) in [7, 11) is -3.79. The van der Waals surface area contributed by atoms with Crippen molar-refractivity contribution in [2.75, 3.05) is 26.2 Å². The zero-order valence-corrected chi connectivity index (χ0v) is 19.7. The number of thiazole rings is 1. The largest absolute Gasteiger partial charge is 0.336 e. The monoisotopic (exact) mass is 495 g/mol. The van der Waals surface area contributed by atoms with Crippen molar-refractivity contribution in [2.45, 2.75) is 11.8 Å². The third kappa shape index (κ3) is 4.63. The molecule has 1 amide bonds. The minimum atomic E-state index is -3.79. The van der Waals surface area contributed by atoms with Crippen molar-refractivity contribution in [3.8, 4) is 10.6 Å². The van der Waals surface area contributed by atoms with E-state index >= 15 is 0 Å². The molecule has 3 aromatic rings. The maximum atomic E-state index is 13.0. The van der Waals surface area contributed by atoms with Gasteiger partial charge >= 0.3 is 0 Å². The van der Waals surface area contributed by atoms with Gasteiger partial charge in [0.25, 0.3) is 5.91 Å². The lowest BCUT2D eigenvalue weighted by Crippen LogP contribution is -2.50. The average Bonchev–Trinajstić information content (AvgIpc) is 3.21. The van der Waals surface area contributed by atoms with E-state index in [2.05, 4.69) is 4.98 Å². The van der Waals surface area contributed by atoms with Gasteiger partial charge in [-0.2, -0.15) is 4.31 Å². The second-order valence-corrected chi connectivity index (χ2v) is 10.8. The lowest BCUT2D eigenvalue weighted by molar-refractivity contribution is 0.0698. The smallest absolute Gasteiger partial charge is 0.253 e. The van der Waals surface area contributed by atoms with Crippen molar-refractivity contribution < 1.29 is 13.2 Å². The first-order valence-electron chi connectivity index (χ1n) is 9.53. The van der Waals surface area contributed by atoms with Gasteiger partial charge in [-0.15, -0.1) is 11.3 Å². The van der Waals surface area contributed by atoms with Gasteiger partial charge in [-0.05, 0) is 37.3 Å². The van der Waals surface area contributed by atoms with Crippen LogP contribution in [0, 0.1) is 6.92 Å². The first kappa shape index (κ1) is 22.2. The molecule has 0 radical (unpaired) electrons. The number of hydrogen-bond acceptors (Lipinski definition) is 5. The number of benzene rings is 2. The number of amides is 1. The van der Waals surface area contributed by atoms with Crippen LogP contribution in [-0.4, -0.2) is 54.7 Å².